The Morgan fingerprint density at radius 1 is 1.28 bits per heavy atom. The van der Waals surface area contributed by atoms with Gasteiger partial charge in [0.2, 0.25) is 5.91 Å². The predicted octanol–water partition coefficient (Wildman–Crippen LogP) is 1.85. The smallest absolute Gasteiger partial charge is 0.238 e. The lowest BCUT2D eigenvalue weighted by molar-refractivity contribution is -0.115. The van der Waals surface area contributed by atoms with Crippen LogP contribution >= 0.6 is 0 Å². The van der Waals surface area contributed by atoms with E-state index < -0.39 is 0 Å². The summed E-state index contributed by atoms with van der Waals surface area (Å²) in [5.41, 5.74) is 1.74. The number of anilines is 1. The largest absolute Gasteiger partial charge is 0.383 e. The molecule has 0 fully saturated rings. The first-order valence-electron chi connectivity index (χ1n) is 8.80. The van der Waals surface area contributed by atoms with Crippen LogP contribution in [-0.2, 0) is 22.5 Å². The van der Waals surface area contributed by atoms with Gasteiger partial charge in [-0.2, -0.15) is 0 Å². The van der Waals surface area contributed by atoms with E-state index in [2.05, 4.69) is 25.4 Å². The van der Waals surface area contributed by atoms with E-state index in [4.69, 9.17) is 4.74 Å². The number of aromatic nitrogens is 3. The van der Waals surface area contributed by atoms with E-state index in [-0.39, 0.29) is 12.5 Å². The summed E-state index contributed by atoms with van der Waals surface area (Å²) in [6, 6.07) is 7.78. The van der Waals surface area contributed by atoms with Gasteiger partial charge in [-0.25, -0.2) is 0 Å². The molecule has 1 aromatic carbocycles. The van der Waals surface area contributed by atoms with E-state index in [0.717, 1.165) is 42.3 Å². The number of rotatable bonds is 7. The van der Waals surface area contributed by atoms with Gasteiger partial charge in [0.25, 0.3) is 0 Å². The zero-order valence-corrected chi connectivity index (χ0v) is 14.6. The number of carbonyl (C=O) groups excluding carboxylic acids is 1. The van der Waals surface area contributed by atoms with Crippen LogP contribution in [0.5, 0.6) is 0 Å². The van der Waals surface area contributed by atoms with Crippen molar-refractivity contribution in [3.63, 3.8) is 0 Å². The molecule has 2 N–H and O–H groups in total. The Kier molecular flexibility index (Phi) is 6.14. The molecule has 1 aromatic heterocycles. The van der Waals surface area contributed by atoms with Crippen molar-refractivity contribution in [1.82, 2.24) is 20.1 Å². The minimum absolute atomic E-state index is 0.0756. The number of methoxy groups -OCH3 is 1. The SMILES string of the molecule is COCCNCC(=O)Nc1cccc(-c2nnc3n2CCCCC3)c1. The van der Waals surface area contributed by atoms with Gasteiger partial charge in [0.15, 0.2) is 5.82 Å². The lowest BCUT2D eigenvalue weighted by Crippen LogP contribution is -2.30. The molecule has 0 saturated heterocycles. The fourth-order valence-corrected chi connectivity index (χ4v) is 3.02. The number of hydrogen-bond donors (Lipinski definition) is 2. The molecule has 3 rings (SSSR count). The van der Waals surface area contributed by atoms with E-state index in [9.17, 15) is 4.79 Å². The third-order valence-corrected chi connectivity index (χ3v) is 4.28. The minimum Gasteiger partial charge on any atom is -0.383 e. The topological polar surface area (TPSA) is 81.1 Å². The van der Waals surface area contributed by atoms with Gasteiger partial charge in [0.1, 0.15) is 5.82 Å². The molecule has 0 aliphatic carbocycles. The maximum absolute atomic E-state index is 12.0. The number of nitrogens with one attached hydrogen (secondary N) is 2. The molecule has 0 saturated carbocycles. The molecule has 7 heteroatoms. The fourth-order valence-electron chi connectivity index (χ4n) is 3.02. The molecule has 2 aromatic rings. The number of nitrogens with zero attached hydrogens (tertiary/aromatic N) is 3. The Morgan fingerprint density at radius 2 is 2.20 bits per heavy atom. The van der Waals surface area contributed by atoms with Crippen molar-refractivity contribution in [1.29, 1.82) is 0 Å². The molecule has 0 spiro atoms. The zero-order chi connectivity index (χ0) is 17.5. The molecule has 0 bridgehead atoms. The molecule has 25 heavy (non-hydrogen) atoms. The molecule has 1 aliphatic heterocycles. The van der Waals surface area contributed by atoms with Gasteiger partial charge in [-0.1, -0.05) is 18.6 Å². The molecule has 2 heterocycles. The standard InChI is InChI=1S/C18H25N5O2/c1-25-11-9-19-13-17(24)20-15-7-5-6-14(12-15)18-22-21-16-8-3-2-4-10-23(16)18/h5-7,12,19H,2-4,8-11,13H2,1H3,(H,20,24). The van der Waals surface area contributed by atoms with Crippen LogP contribution < -0.4 is 10.6 Å². The first kappa shape index (κ1) is 17.6. The van der Waals surface area contributed by atoms with Crippen molar-refractivity contribution in [2.75, 3.05) is 32.1 Å². The summed E-state index contributed by atoms with van der Waals surface area (Å²) >= 11 is 0. The number of benzene rings is 1. The number of hydrogen-bond acceptors (Lipinski definition) is 5. The van der Waals surface area contributed by atoms with Crippen molar-refractivity contribution in [3.05, 3.63) is 30.1 Å². The van der Waals surface area contributed by atoms with Crippen molar-refractivity contribution in [2.24, 2.45) is 0 Å². The Bertz CT molecular complexity index is 713. The summed E-state index contributed by atoms with van der Waals surface area (Å²) in [7, 11) is 1.64. The van der Waals surface area contributed by atoms with Crippen LogP contribution in [-0.4, -0.2) is 47.5 Å². The molecule has 1 amide bonds. The number of carbonyl (C=O) groups is 1. The summed E-state index contributed by atoms with van der Waals surface area (Å²) in [6.07, 6.45) is 4.54. The Morgan fingerprint density at radius 3 is 3.08 bits per heavy atom. The highest BCUT2D eigenvalue weighted by Gasteiger charge is 2.16. The van der Waals surface area contributed by atoms with Crippen LogP contribution in [0.1, 0.15) is 25.1 Å². The van der Waals surface area contributed by atoms with Gasteiger partial charge in [-0.05, 0) is 25.0 Å². The normalized spacial score (nSPS) is 14.0. The van der Waals surface area contributed by atoms with Crippen molar-refractivity contribution in [2.45, 2.75) is 32.2 Å². The third-order valence-electron chi connectivity index (χ3n) is 4.28. The summed E-state index contributed by atoms with van der Waals surface area (Å²) < 4.78 is 7.15. The first-order chi connectivity index (χ1) is 12.3. The van der Waals surface area contributed by atoms with Gasteiger partial charge in [-0.15, -0.1) is 10.2 Å². The van der Waals surface area contributed by atoms with Crippen LogP contribution in [0, 0.1) is 0 Å². The van der Waals surface area contributed by atoms with Crippen molar-refractivity contribution < 1.29 is 9.53 Å². The van der Waals surface area contributed by atoms with Crippen LogP contribution in [0.2, 0.25) is 0 Å². The van der Waals surface area contributed by atoms with E-state index in [1.165, 1.54) is 12.8 Å². The van der Waals surface area contributed by atoms with E-state index in [0.29, 0.717) is 13.2 Å². The summed E-state index contributed by atoms with van der Waals surface area (Å²) in [4.78, 5) is 12.0. The van der Waals surface area contributed by atoms with E-state index >= 15 is 0 Å². The molecule has 7 nitrogen and oxygen atoms in total. The lowest BCUT2D eigenvalue weighted by Gasteiger charge is -2.10. The molecule has 0 radical (unpaired) electrons. The molecule has 0 unspecified atom stereocenters. The minimum atomic E-state index is -0.0756. The van der Waals surface area contributed by atoms with Gasteiger partial charge in [0.05, 0.1) is 13.2 Å². The molecule has 0 atom stereocenters. The van der Waals surface area contributed by atoms with Crippen LogP contribution in [0.4, 0.5) is 5.69 Å². The number of fused-ring (bicyclic) bond motifs is 1. The first-order valence-corrected chi connectivity index (χ1v) is 8.80. The second-order valence-electron chi connectivity index (χ2n) is 6.20. The van der Waals surface area contributed by atoms with Gasteiger partial charge < -0.3 is 19.9 Å². The zero-order valence-electron chi connectivity index (χ0n) is 14.6. The summed E-state index contributed by atoms with van der Waals surface area (Å²) in [6.45, 7) is 2.45. The maximum Gasteiger partial charge on any atom is 0.238 e. The average Bonchev–Trinajstić information content (AvgIpc) is 2.87. The van der Waals surface area contributed by atoms with Gasteiger partial charge >= 0.3 is 0 Å². The summed E-state index contributed by atoms with van der Waals surface area (Å²) in [5.74, 6) is 1.86. The van der Waals surface area contributed by atoms with E-state index in [1.54, 1.807) is 7.11 Å². The highest BCUT2D eigenvalue weighted by Crippen LogP contribution is 2.24. The number of aryl methyl sites for hydroxylation is 1. The quantitative estimate of drug-likeness (QED) is 0.750. The van der Waals surface area contributed by atoms with E-state index in [1.807, 2.05) is 24.3 Å². The second-order valence-corrected chi connectivity index (χ2v) is 6.20. The number of amides is 1. The van der Waals surface area contributed by atoms with Crippen LogP contribution in [0.25, 0.3) is 11.4 Å². The van der Waals surface area contributed by atoms with Gasteiger partial charge in [-0.3, -0.25) is 4.79 Å². The summed E-state index contributed by atoms with van der Waals surface area (Å²) in [5, 5.41) is 14.7. The predicted molar refractivity (Wildman–Crippen MR) is 96.4 cm³/mol. The second kappa shape index (κ2) is 8.73. The monoisotopic (exact) mass is 343 g/mol. The molecule has 134 valence electrons. The van der Waals surface area contributed by atoms with Crippen molar-refractivity contribution >= 4 is 11.6 Å². The maximum atomic E-state index is 12.0. The van der Waals surface area contributed by atoms with Crippen molar-refractivity contribution in [3.8, 4) is 11.4 Å². The average molecular weight is 343 g/mol. The third kappa shape index (κ3) is 4.64. The Balaban J connectivity index is 1.68. The highest BCUT2D eigenvalue weighted by molar-refractivity contribution is 5.92. The Hall–Kier alpha value is -2.25. The molecular weight excluding hydrogens is 318 g/mol. The molecule has 1 aliphatic rings. The molecular formula is C18H25N5O2. The van der Waals surface area contributed by atoms with Gasteiger partial charge in [0, 0.05) is 37.9 Å². The lowest BCUT2D eigenvalue weighted by atomic mass is 10.2. The highest BCUT2D eigenvalue weighted by atomic mass is 16.5. The fraction of sp³-hybridized carbons (Fsp3) is 0.500. The Labute approximate surface area is 147 Å². The van der Waals surface area contributed by atoms with Crippen LogP contribution in [0.3, 0.4) is 0 Å². The van der Waals surface area contributed by atoms with Crippen LogP contribution in [0.15, 0.2) is 24.3 Å². The number of ether oxygens (including phenoxy) is 1.